The van der Waals surface area contributed by atoms with Gasteiger partial charge in [-0.25, -0.2) is 4.79 Å². The number of nitrogens with two attached hydrogens (primary N) is 1. The zero-order valence-corrected chi connectivity index (χ0v) is 12.1. The molecule has 0 saturated carbocycles. The predicted octanol–water partition coefficient (Wildman–Crippen LogP) is 1.71. The summed E-state index contributed by atoms with van der Waals surface area (Å²) in [5.41, 5.74) is 7.16. The van der Waals surface area contributed by atoms with Gasteiger partial charge in [0.15, 0.2) is 0 Å². The second kappa shape index (κ2) is 5.33. The van der Waals surface area contributed by atoms with Gasteiger partial charge in [0, 0.05) is 4.88 Å². The first kappa shape index (κ1) is 14.1. The Morgan fingerprint density at radius 1 is 1.45 bits per heavy atom. The van der Waals surface area contributed by atoms with Crippen molar-refractivity contribution in [2.75, 3.05) is 18.2 Å². The summed E-state index contributed by atoms with van der Waals surface area (Å²) in [7, 11) is 1.30. The van der Waals surface area contributed by atoms with Gasteiger partial charge in [-0.2, -0.15) is 5.10 Å². The number of carbonyl (C=O) groups is 2. The predicted molar refractivity (Wildman–Crippen MR) is 76.1 cm³/mol. The lowest BCUT2D eigenvalue weighted by atomic mass is 10.1. The molecule has 0 spiro atoms. The van der Waals surface area contributed by atoms with Crippen LogP contribution in [0.2, 0.25) is 0 Å². The summed E-state index contributed by atoms with van der Waals surface area (Å²) in [5, 5.41) is 9.29. The van der Waals surface area contributed by atoms with Crippen LogP contribution in [0.5, 0.6) is 0 Å². The molecule has 0 aliphatic rings. The van der Waals surface area contributed by atoms with Gasteiger partial charge in [0.2, 0.25) is 0 Å². The van der Waals surface area contributed by atoms with E-state index in [1.165, 1.54) is 24.6 Å². The van der Waals surface area contributed by atoms with Crippen molar-refractivity contribution >= 4 is 33.9 Å². The highest BCUT2D eigenvalue weighted by Crippen LogP contribution is 2.33. The van der Waals surface area contributed by atoms with E-state index in [-0.39, 0.29) is 11.4 Å². The monoisotopic (exact) mass is 294 g/mol. The average molecular weight is 294 g/mol. The third-order valence-electron chi connectivity index (χ3n) is 2.90. The molecule has 20 heavy (non-hydrogen) atoms. The molecule has 0 aromatic carbocycles. The molecule has 1 amide bonds. The molecule has 4 N–H and O–H groups in total. The van der Waals surface area contributed by atoms with E-state index in [2.05, 4.69) is 15.5 Å². The summed E-state index contributed by atoms with van der Waals surface area (Å²) in [6, 6.07) is 0. The maximum absolute atomic E-state index is 12.1. The fourth-order valence-corrected chi connectivity index (χ4v) is 2.75. The quantitative estimate of drug-likeness (QED) is 0.746. The van der Waals surface area contributed by atoms with E-state index in [0.717, 1.165) is 10.4 Å². The van der Waals surface area contributed by atoms with Gasteiger partial charge in [0.25, 0.3) is 5.91 Å². The van der Waals surface area contributed by atoms with Gasteiger partial charge < -0.3 is 15.8 Å². The van der Waals surface area contributed by atoms with E-state index in [1.807, 2.05) is 6.92 Å². The van der Waals surface area contributed by atoms with Crippen LogP contribution in [-0.4, -0.2) is 29.2 Å². The molecule has 106 valence electrons. The van der Waals surface area contributed by atoms with Crippen LogP contribution in [0, 0.1) is 13.8 Å². The first-order chi connectivity index (χ1) is 9.45. The number of nitrogens with one attached hydrogen (secondary N) is 2. The van der Waals surface area contributed by atoms with E-state index in [4.69, 9.17) is 10.5 Å². The first-order valence-electron chi connectivity index (χ1n) is 5.74. The van der Waals surface area contributed by atoms with Crippen LogP contribution in [0.15, 0.2) is 6.20 Å². The van der Waals surface area contributed by atoms with Crippen molar-refractivity contribution in [2.45, 2.75) is 13.8 Å². The Morgan fingerprint density at radius 3 is 2.70 bits per heavy atom. The Labute approximate surface area is 119 Å². The largest absolute Gasteiger partial charge is 0.465 e. The minimum Gasteiger partial charge on any atom is -0.465 e. The van der Waals surface area contributed by atoms with E-state index in [9.17, 15) is 9.59 Å². The van der Waals surface area contributed by atoms with Gasteiger partial charge in [-0.05, 0) is 19.4 Å². The van der Waals surface area contributed by atoms with Crippen LogP contribution in [0.25, 0.3) is 0 Å². The zero-order chi connectivity index (χ0) is 14.9. The number of hydrogen-bond acceptors (Lipinski definition) is 6. The van der Waals surface area contributed by atoms with Gasteiger partial charge in [-0.15, -0.1) is 11.3 Å². The van der Waals surface area contributed by atoms with Crippen molar-refractivity contribution in [3.63, 3.8) is 0 Å². The van der Waals surface area contributed by atoms with Crippen molar-refractivity contribution in [2.24, 2.45) is 0 Å². The van der Waals surface area contributed by atoms with Crippen LogP contribution in [0.4, 0.5) is 10.7 Å². The summed E-state index contributed by atoms with van der Waals surface area (Å²) < 4.78 is 4.74. The fraction of sp³-hybridized carbons (Fsp3) is 0.250. The minimum absolute atomic E-state index is 0.157. The standard InChI is InChI=1S/C12H14N4O3S/c1-5-6(2)20-11(8(5)12(18)19-3)15-10(17)9-7(13)4-14-16-9/h4H,13H2,1-3H3,(H,14,16)(H,15,17). The highest BCUT2D eigenvalue weighted by Gasteiger charge is 2.23. The summed E-state index contributed by atoms with van der Waals surface area (Å²) in [6.07, 6.45) is 1.35. The second-order valence-electron chi connectivity index (χ2n) is 4.13. The lowest BCUT2D eigenvalue weighted by Crippen LogP contribution is -2.16. The van der Waals surface area contributed by atoms with Crippen LogP contribution in [-0.2, 0) is 4.74 Å². The van der Waals surface area contributed by atoms with Gasteiger partial charge in [-0.3, -0.25) is 9.89 Å². The molecule has 0 unspecified atom stereocenters. The molecule has 0 bridgehead atoms. The molecule has 0 atom stereocenters. The molecule has 8 heteroatoms. The first-order valence-corrected chi connectivity index (χ1v) is 6.55. The second-order valence-corrected chi connectivity index (χ2v) is 5.36. The molecular weight excluding hydrogens is 280 g/mol. The number of thiophene rings is 1. The Balaban J connectivity index is 2.35. The fourth-order valence-electron chi connectivity index (χ4n) is 1.71. The molecule has 0 aliphatic carbocycles. The number of rotatable bonds is 3. The van der Waals surface area contributed by atoms with Gasteiger partial charge in [-0.1, -0.05) is 0 Å². The lowest BCUT2D eigenvalue weighted by molar-refractivity contribution is 0.0601. The third kappa shape index (κ3) is 2.37. The lowest BCUT2D eigenvalue weighted by Gasteiger charge is -2.05. The number of methoxy groups -OCH3 is 1. The summed E-state index contributed by atoms with van der Waals surface area (Å²) >= 11 is 1.31. The molecule has 7 nitrogen and oxygen atoms in total. The number of aromatic amines is 1. The molecule has 0 saturated heterocycles. The third-order valence-corrected chi connectivity index (χ3v) is 4.02. The Kier molecular flexibility index (Phi) is 3.75. The van der Waals surface area contributed by atoms with Crippen LogP contribution in [0.1, 0.15) is 31.3 Å². The van der Waals surface area contributed by atoms with Gasteiger partial charge in [0.1, 0.15) is 10.7 Å². The molecule has 0 aliphatic heterocycles. The SMILES string of the molecule is COC(=O)c1c(NC(=O)c2[nH]ncc2N)sc(C)c1C. The van der Waals surface area contributed by atoms with E-state index < -0.39 is 11.9 Å². The summed E-state index contributed by atoms with van der Waals surface area (Å²) in [6.45, 7) is 3.67. The molecule has 0 fully saturated rings. The zero-order valence-electron chi connectivity index (χ0n) is 11.2. The van der Waals surface area contributed by atoms with Crippen LogP contribution in [0.3, 0.4) is 0 Å². The molecule has 2 aromatic rings. The number of ether oxygens (including phenoxy) is 1. The van der Waals surface area contributed by atoms with E-state index in [0.29, 0.717) is 10.6 Å². The summed E-state index contributed by atoms with van der Waals surface area (Å²) in [5.74, 6) is -0.939. The van der Waals surface area contributed by atoms with Crippen molar-refractivity contribution in [1.82, 2.24) is 10.2 Å². The van der Waals surface area contributed by atoms with Crippen molar-refractivity contribution in [3.05, 3.63) is 27.9 Å². The normalized spacial score (nSPS) is 10.3. The molecule has 2 heterocycles. The van der Waals surface area contributed by atoms with Crippen molar-refractivity contribution in [1.29, 1.82) is 0 Å². The van der Waals surface area contributed by atoms with E-state index in [1.54, 1.807) is 6.92 Å². The molecule has 2 rings (SSSR count). The number of hydrogen-bond donors (Lipinski definition) is 3. The maximum Gasteiger partial charge on any atom is 0.341 e. The number of H-pyrrole nitrogens is 1. The highest BCUT2D eigenvalue weighted by molar-refractivity contribution is 7.16. The maximum atomic E-state index is 12.1. The van der Waals surface area contributed by atoms with E-state index >= 15 is 0 Å². The number of aryl methyl sites for hydroxylation is 1. The average Bonchev–Trinajstić information content (AvgIpc) is 2.94. The Morgan fingerprint density at radius 2 is 2.15 bits per heavy atom. The molecule has 2 aromatic heterocycles. The van der Waals surface area contributed by atoms with Gasteiger partial charge in [0.05, 0.1) is 24.6 Å². The number of amides is 1. The van der Waals surface area contributed by atoms with Crippen LogP contribution < -0.4 is 11.1 Å². The molecular formula is C12H14N4O3S. The van der Waals surface area contributed by atoms with Crippen molar-refractivity contribution in [3.8, 4) is 0 Å². The van der Waals surface area contributed by atoms with Gasteiger partial charge >= 0.3 is 5.97 Å². The number of anilines is 2. The number of aromatic nitrogens is 2. The Bertz CT molecular complexity index is 674. The number of nitrogen functional groups attached to an aromatic ring is 1. The highest BCUT2D eigenvalue weighted by atomic mass is 32.1. The molecule has 0 radical (unpaired) electrons. The number of esters is 1. The number of nitrogens with zero attached hydrogens (tertiary/aromatic N) is 1. The van der Waals surface area contributed by atoms with Crippen LogP contribution >= 0.6 is 11.3 Å². The number of carbonyl (C=O) groups excluding carboxylic acids is 2. The topological polar surface area (TPSA) is 110 Å². The Hall–Kier alpha value is -2.35. The summed E-state index contributed by atoms with van der Waals surface area (Å²) in [4.78, 5) is 24.8. The van der Waals surface area contributed by atoms with Crippen molar-refractivity contribution < 1.29 is 14.3 Å². The minimum atomic E-state index is -0.486. The smallest absolute Gasteiger partial charge is 0.341 e.